The molecule has 0 aliphatic heterocycles. The highest BCUT2D eigenvalue weighted by Gasteiger charge is 2.21. The quantitative estimate of drug-likeness (QED) is 0.278. The first-order valence-corrected chi connectivity index (χ1v) is 11.7. The van der Waals surface area contributed by atoms with Gasteiger partial charge in [-0.1, -0.05) is 36.4 Å². The molecular weight excluding hydrogens is 448 g/mol. The van der Waals surface area contributed by atoms with E-state index in [0.29, 0.717) is 28.7 Å². The summed E-state index contributed by atoms with van der Waals surface area (Å²) in [5.41, 5.74) is 11.6. The average Bonchev–Trinajstić information content (AvgIpc) is 3.67. The van der Waals surface area contributed by atoms with E-state index in [0.717, 1.165) is 51.9 Å². The van der Waals surface area contributed by atoms with Crippen molar-refractivity contribution in [3.05, 3.63) is 90.9 Å². The minimum Gasteiger partial charge on any atom is -0.457 e. The second kappa shape index (κ2) is 9.01. The summed E-state index contributed by atoms with van der Waals surface area (Å²) in [5.74, 6) is 2.39. The number of hydrogen-bond donors (Lipinski definition) is 2. The zero-order valence-corrected chi connectivity index (χ0v) is 19.3. The number of nitrogens with two attached hydrogens (primary N) is 1. The third-order valence-corrected chi connectivity index (χ3v) is 6.22. The molecule has 6 rings (SSSR count). The van der Waals surface area contributed by atoms with Crippen molar-refractivity contribution in [3.8, 4) is 40.0 Å². The summed E-state index contributed by atoms with van der Waals surface area (Å²) in [7, 11) is 0. The van der Waals surface area contributed by atoms with Gasteiger partial charge in [0.05, 0.1) is 27.9 Å². The summed E-state index contributed by atoms with van der Waals surface area (Å²) >= 11 is 0. The Morgan fingerprint density at radius 1 is 1.00 bits per heavy atom. The highest BCUT2D eigenvalue weighted by atomic mass is 16.5. The van der Waals surface area contributed by atoms with E-state index in [1.165, 1.54) is 0 Å². The zero-order chi connectivity index (χ0) is 24.5. The van der Waals surface area contributed by atoms with E-state index in [1.54, 1.807) is 6.20 Å². The van der Waals surface area contributed by atoms with Crippen molar-refractivity contribution >= 4 is 22.3 Å². The molecule has 3 N–H and O–H groups in total. The van der Waals surface area contributed by atoms with Gasteiger partial charge in [0.2, 0.25) is 0 Å². The molecule has 2 aromatic carbocycles. The summed E-state index contributed by atoms with van der Waals surface area (Å²) in [5, 5.41) is 17.8. The number of benzene rings is 2. The molecule has 1 fully saturated rings. The van der Waals surface area contributed by atoms with Crippen molar-refractivity contribution in [1.29, 1.82) is 5.26 Å². The second-order valence-corrected chi connectivity index (χ2v) is 8.78. The number of pyridine rings is 2. The van der Waals surface area contributed by atoms with Crippen molar-refractivity contribution in [2.24, 2.45) is 5.92 Å². The lowest BCUT2D eigenvalue weighted by molar-refractivity contribution is 0.483. The summed E-state index contributed by atoms with van der Waals surface area (Å²) in [4.78, 5) is 9.19. The van der Waals surface area contributed by atoms with Gasteiger partial charge in [0.1, 0.15) is 17.6 Å². The van der Waals surface area contributed by atoms with E-state index in [4.69, 9.17) is 15.5 Å². The summed E-state index contributed by atoms with van der Waals surface area (Å²) in [6.07, 6.45) is 7.78. The van der Waals surface area contributed by atoms with Gasteiger partial charge in [-0.25, -0.2) is 0 Å². The number of aromatic nitrogens is 4. The van der Waals surface area contributed by atoms with Crippen LogP contribution in [0.4, 0.5) is 5.82 Å². The number of nitriles is 1. The standard InChI is InChI=1S/C29H22N6O/c30-16-21(14-18-6-7-18)25-15-20(12-13-32-25)27-28-26(29(31)35-34-28)24(17-33-27)19-8-10-23(11-9-19)36-22-4-2-1-3-5-22/h1-5,8-15,17-18H,6-7H2,(H3,31,34,35). The van der Waals surface area contributed by atoms with Crippen molar-refractivity contribution < 1.29 is 4.74 Å². The molecule has 0 saturated heterocycles. The number of anilines is 1. The van der Waals surface area contributed by atoms with E-state index in [9.17, 15) is 5.26 Å². The van der Waals surface area contributed by atoms with Crippen LogP contribution in [0.2, 0.25) is 0 Å². The third kappa shape index (κ3) is 4.17. The molecule has 0 amide bonds. The van der Waals surface area contributed by atoms with Crippen LogP contribution in [-0.2, 0) is 0 Å². The van der Waals surface area contributed by atoms with Gasteiger partial charge in [-0.15, -0.1) is 0 Å². The normalized spacial score (nSPS) is 13.5. The molecule has 0 spiro atoms. The summed E-state index contributed by atoms with van der Waals surface area (Å²) in [6.45, 7) is 0. The van der Waals surface area contributed by atoms with Gasteiger partial charge in [0, 0.05) is 23.5 Å². The van der Waals surface area contributed by atoms with E-state index >= 15 is 0 Å². The number of hydrogen-bond acceptors (Lipinski definition) is 6. The lowest BCUT2D eigenvalue weighted by atomic mass is 10.00. The number of aromatic amines is 1. The predicted molar refractivity (Wildman–Crippen MR) is 140 cm³/mol. The lowest BCUT2D eigenvalue weighted by Crippen LogP contribution is -1.94. The number of nitrogen functional groups attached to an aromatic ring is 1. The molecular formula is C29H22N6O. The molecule has 1 aliphatic rings. The summed E-state index contributed by atoms with van der Waals surface area (Å²) < 4.78 is 5.92. The number of ether oxygens (including phenoxy) is 1. The van der Waals surface area contributed by atoms with Crippen LogP contribution in [0.3, 0.4) is 0 Å². The molecule has 0 radical (unpaired) electrons. The van der Waals surface area contributed by atoms with E-state index in [-0.39, 0.29) is 0 Å². The van der Waals surface area contributed by atoms with Gasteiger partial charge in [-0.3, -0.25) is 15.1 Å². The molecule has 3 heterocycles. The van der Waals surface area contributed by atoms with Gasteiger partial charge < -0.3 is 10.5 Å². The predicted octanol–water partition coefficient (Wildman–Crippen LogP) is 6.38. The van der Waals surface area contributed by atoms with Gasteiger partial charge in [0.25, 0.3) is 0 Å². The Morgan fingerprint density at radius 3 is 2.53 bits per heavy atom. The monoisotopic (exact) mass is 470 g/mol. The smallest absolute Gasteiger partial charge is 0.153 e. The molecule has 1 saturated carbocycles. The Labute approximate surface area is 207 Å². The van der Waals surface area contributed by atoms with Crippen molar-refractivity contribution in [1.82, 2.24) is 20.2 Å². The number of nitrogens with one attached hydrogen (secondary N) is 1. The third-order valence-electron chi connectivity index (χ3n) is 6.22. The Kier molecular flexibility index (Phi) is 5.39. The molecule has 1 aliphatic carbocycles. The molecule has 0 unspecified atom stereocenters. The topological polar surface area (TPSA) is 113 Å². The lowest BCUT2D eigenvalue weighted by Gasteiger charge is -2.10. The molecule has 0 bridgehead atoms. The van der Waals surface area contributed by atoms with Gasteiger partial charge >= 0.3 is 0 Å². The minimum absolute atomic E-state index is 0.397. The molecule has 174 valence electrons. The van der Waals surface area contributed by atoms with E-state index in [2.05, 4.69) is 21.3 Å². The maximum absolute atomic E-state index is 9.64. The average molecular weight is 471 g/mol. The Balaban J connectivity index is 1.37. The van der Waals surface area contributed by atoms with Crippen LogP contribution in [0.5, 0.6) is 11.5 Å². The molecule has 3 aromatic heterocycles. The number of rotatable bonds is 6. The van der Waals surface area contributed by atoms with Crippen LogP contribution in [0.1, 0.15) is 18.5 Å². The molecule has 5 aromatic rings. The highest BCUT2D eigenvalue weighted by Crippen LogP contribution is 2.37. The van der Waals surface area contributed by atoms with Crippen molar-refractivity contribution in [3.63, 3.8) is 0 Å². The summed E-state index contributed by atoms with van der Waals surface area (Å²) in [6, 6.07) is 23.5. The molecule has 0 atom stereocenters. The zero-order valence-electron chi connectivity index (χ0n) is 19.3. The minimum atomic E-state index is 0.397. The Bertz CT molecular complexity index is 1630. The van der Waals surface area contributed by atoms with E-state index in [1.807, 2.05) is 79.0 Å². The van der Waals surface area contributed by atoms with Crippen molar-refractivity contribution in [2.45, 2.75) is 12.8 Å². The van der Waals surface area contributed by atoms with Crippen LogP contribution in [0.25, 0.3) is 38.9 Å². The maximum atomic E-state index is 9.64. The largest absolute Gasteiger partial charge is 0.457 e. The van der Waals surface area contributed by atoms with Crippen LogP contribution < -0.4 is 10.5 Å². The fourth-order valence-corrected chi connectivity index (χ4v) is 4.23. The SMILES string of the molecule is N#CC(=CC1CC1)c1cc(-c2ncc(-c3ccc(Oc4ccccc4)cc3)c3c(N)n[nH]c23)ccn1. The molecule has 36 heavy (non-hydrogen) atoms. The number of nitrogens with zero attached hydrogens (tertiary/aromatic N) is 4. The molecule has 7 heteroatoms. The highest BCUT2D eigenvalue weighted by molar-refractivity contribution is 6.06. The maximum Gasteiger partial charge on any atom is 0.153 e. The first-order valence-electron chi connectivity index (χ1n) is 11.7. The van der Waals surface area contributed by atoms with Gasteiger partial charge in [-0.2, -0.15) is 10.4 Å². The number of H-pyrrole nitrogens is 1. The number of allylic oxidation sites excluding steroid dienone is 2. The number of para-hydroxylation sites is 1. The first-order chi connectivity index (χ1) is 17.7. The number of fused-ring (bicyclic) bond motifs is 1. The fraction of sp³-hybridized carbons (Fsp3) is 0.103. The van der Waals surface area contributed by atoms with Crippen LogP contribution in [0, 0.1) is 17.2 Å². The van der Waals surface area contributed by atoms with Gasteiger partial charge in [-0.05, 0) is 60.7 Å². The van der Waals surface area contributed by atoms with Crippen LogP contribution in [0.15, 0.2) is 85.2 Å². The Hall–Kier alpha value is -4.96. The fourth-order valence-electron chi connectivity index (χ4n) is 4.23. The molecule has 7 nitrogen and oxygen atoms in total. The van der Waals surface area contributed by atoms with Gasteiger partial charge in [0.15, 0.2) is 5.82 Å². The Morgan fingerprint density at radius 2 is 1.78 bits per heavy atom. The van der Waals surface area contributed by atoms with Crippen LogP contribution in [-0.4, -0.2) is 20.2 Å². The van der Waals surface area contributed by atoms with Crippen LogP contribution >= 0.6 is 0 Å². The van der Waals surface area contributed by atoms with Crippen molar-refractivity contribution in [2.75, 3.05) is 5.73 Å². The second-order valence-electron chi connectivity index (χ2n) is 8.78. The van der Waals surface area contributed by atoms with E-state index < -0.39 is 0 Å². The first kappa shape index (κ1) is 21.6.